The zero-order valence-electron chi connectivity index (χ0n) is 9.40. The lowest BCUT2D eigenvalue weighted by Gasteiger charge is -2.35. The summed E-state index contributed by atoms with van der Waals surface area (Å²) >= 11 is 0. The third-order valence-corrected chi connectivity index (χ3v) is 2.12. The molecule has 0 fully saturated rings. The normalized spacial score (nSPS) is 20.9. The van der Waals surface area contributed by atoms with Gasteiger partial charge in [-0.2, -0.15) is 0 Å². The molecular weight excluding hydrogens is 196 g/mol. The Balaban J connectivity index is 3.06. The van der Waals surface area contributed by atoms with E-state index in [1.54, 1.807) is 6.92 Å². The van der Waals surface area contributed by atoms with E-state index in [0.717, 1.165) is 0 Å². The third-order valence-electron chi connectivity index (χ3n) is 2.12. The van der Waals surface area contributed by atoms with Crippen LogP contribution < -0.4 is 5.73 Å². The van der Waals surface area contributed by atoms with Gasteiger partial charge >= 0.3 is 12.0 Å². The molecule has 15 heavy (non-hydrogen) atoms. The van der Waals surface area contributed by atoms with Gasteiger partial charge < -0.3 is 10.5 Å². The molecule has 0 aromatic rings. The van der Waals surface area contributed by atoms with E-state index < -0.39 is 23.6 Å². The highest BCUT2D eigenvalue weighted by atomic mass is 16.5. The van der Waals surface area contributed by atoms with Gasteiger partial charge in [0, 0.05) is 11.6 Å². The van der Waals surface area contributed by atoms with Gasteiger partial charge in [-0.25, -0.2) is 9.59 Å². The minimum absolute atomic E-state index is 0.427. The number of cyclic esters (lactones) is 1. The van der Waals surface area contributed by atoms with Crippen molar-refractivity contribution >= 4 is 12.0 Å². The van der Waals surface area contributed by atoms with Crippen LogP contribution in [0.25, 0.3) is 0 Å². The van der Waals surface area contributed by atoms with Crippen LogP contribution in [0.15, 0.2) is 11.8 Å². The number of carbonyl (C=O) groups excluding carboxylic acids is 2. The summed E-state index contributed by atoms with van der Waals surface area (Å²) in [5.41, 5.74) is 5.33. The number of nitrogens with two attached hydrogens (primary N) is 1. The van der Waals surface area contributed by atoms with Crippen LogP contribution in [0.2, 0.25) is 0 Å². The first-order chi connectivity index (χ1) is 6.73. The first-order valence-electron chi connectivity index (χ1n) is 4.75. The zero-order valence-corrected chi connectivity index (χ0v) is 9.40. The van der Waals surface area contributed by atoms with Crippen molar-refractivity contribution in [3.05, 3.63) is 11.8 Å². The molecule has 0 bridgehead atoms. The molecule has 0 aliphatic carbocycles. The highest BCUT2D eigenvalue weighted by Crippen LogP contribution is 2.26. The fourth-order valence-corrected chi connectivity index (χ4v) is 1.60. The van der Waals surface area contributed by atoms with Crippen molar-refractivity contribution in [2.75, 3.05) is 0 Å². The van der Waals surface area contributed by atoms with Crippen molar-refractivity contribution in [1.29, 1.82) is 0 Å². The Morgan fingerprint density at radius 1 is 1.53 bits per heavy atom. The fraction of sp³-hybridized carbons (Fsp3) is 0.600. The molecule has 84 valence electrons. The quantitative estimate of drug-likeness (QED) is 0.659. The summed E-state index contributed by atoms with van der Waals surface area (Å²) < 4.78 is 4.92. The van der Waals surface area contributed by atoms with Crippen LogP contribution >= 0.6 is 0 Å². The lowest BCUT2D eigenvalue weighted by atomic mass is 10.0. The van der Waals surface area contributed by atoms with Crippen LogP contribution in [0, 0.1) is 0 Å². The summed E-state index contributed by atoms with van der Waals surface area (Å²) in [5.74, 6) is -0.437. The lowest BCUT2D eigenvalue weighted by Crippen LogP contribution is -2.49. The Bertz CT molecular complexity index is 328. The minimum Gasteiger partial charge on any atom is -0.453 e. The Morgan fingerprint density at radius 3 is 2.33 bits per heavy atom. The van der Waals surface area contributed by atoms with Crippen molar-refractivity contribution in [2.45, 2.75) is 39.3 Å². The van der Waals surface area contributed by atoms with Gasteiger partial charge in [0.25, 0.3) is 0 Å². The summed E-state index contributed by atoms with van der Waals surface area (Å²) in [5, 5.41) is 0. The average molecular weight is 212 g/mol. The molecule has 5 nitrogen and oxygen atoms in total. The largest absolute Gasteiger partial charge is 0.453 e. The van der Waals surface area contributed by atoms with Crippen LogP contribution in [-0.2, 0) is 9.53 Å². The number of esters is 1. The SMILES string of the molecule is CC1OC(=O)C=C1N(C(N)=O)C(C)(C)C. The number of carbonyl (C=O) groups is 2. The van der Waals surface area contributed by atoms with Crippen LogP contribution in [0.1, 0.15) is 27.7 Å². The summed E-state index contributed by atoms with van der Waals surface area (Å²) in [6.45, 7) is 7.23. The number of amides is 2. The van der Waals surface area contributed by atoms with E-state index in [-0.39, 0.29) is 0 Å². The van der Waals surface area contributed by atoms with Gasteiger partial charge in [-0.05, 0) is 27.7 Å². The zero-order chi connectivity index (χ0) is 11.8. The molecule has 1 unspecified atom stereocenters. The summed E-state index contributed by atoms with van der Waals surface area (Å²) in [6, 6.07) is -0.584. The molecule has 1 rings (SSSR count). The van der Waals surface area contributed by atoms with Gasteiger partial charge in [-0.15, -0.1) is 0 Å². The average Bonchev–Trinajstić information content (AvgIpc) is 2.26. The van der Waals surface area contributed by atoms with Crippen LogP contribution in [0.5, 0.6) is 0 Å². The highest BCUT2D eigenvalue weighted by molar-refractivity contribution is 5.87. The van der Waals surface area contributed by atoms with Crippen molar-refractivity contribution in [1.82, 2.24) is 4.90 Å². The maximum atomic E-state index is 11.3. The first-order valence-corrected chi connectivity index (χ1v) is 4.75. The molecule has 1 atom stereocenters. The summed E-state index contributed by atoms with van der Waals surface area (Å²) in [4.78, 5) is 23.7. The van der Waals surface area contributed by atoms with E-state index in [1.807, 2.05) is 20.8 Å². The monoisotopic (exact) mass is 212 g/mol. The van der Waals surface area contributed by atoms with E-state index in [0.29, 0.717) is 5.70 Å². The van der Waals surface area contributed by atoms with Gasteiger partial charge in [0.05, 0.1) is 5.70 Å². The molecule has 2 amide bonds. The van der Waals surface area contributed by atoms with E-state index in [9.17, 15) is 9.59 Å². The Kier molecular flexibility index (Phi) is 2.75. The predicted octanol–water partition coefficient (Wildman–Crippen LogP) is 0.995. The lowest BCUT2D eigenvalue weighted by molar-refractivity contribution is -0.138. The highest BCUT2D eigenvalue weighted by Gasteiger charge is 2.35. The van der Waals surface area contributed by atoms with E-state index in [4.69, 9.17) is 10.5 Å². The second-order valence-electron chi connectivity index (χ2n) is 4.49. The van der Waals surface area contributed by atoms with E-state index in [2.05, 4.69) is 0 Å². The molecule has 1 aliphatic heterocycles. The maximum Gasteiger partial charge on any atom is 0.333 e. The Hall–Kier alpha value is -1.52. The second-order valence-corrected chi connectivity index (χ2v) is 4.49. The summed E-state index contributed by atoms with van der Waals surface area (Å²) in [7, 11) is 0. The molecule has 2 N–H and O–H groups in total. The molecule has 0 saturated carbocycles. The van der Waals surface area contributed by atoms with Gasteiger partial charge in [0.2, 0.25) is 0 Å². The number of hydrogen-bond acceptors (Lipinski definition) is 3. The van der Waals surface area contributed by atoms with Crippen LogP contribution in [-0.4, -0.2) is 28.5 Å². The number of nitrogens with zero attached hydrogens (tertiary/aromatic N) is 1. The number of hydrogen-bond donors (Lipinski definition) is 1. The molecule has 0 aromatic carbocycles. The topological polar surface area (TPSA) is 72.6 Å². The van der Waals surface area contributed by atoms with Gasteiger partial charge in [0.15, 0.2) is 0 Å². The molecule has 5 heteroatoms. The van der Waals surface area contributed by atoms with Gasteiger partial charge in [0.1, 0.15) is 6.10 Å². The molecule has 0 aromatic heterocycles. The molecular formula is C10H16N2O3. The second kappa shape index (κ2) is 3.56. The van der Waals surface area contributed by atoms with Crippen molar-refractivity contribution in [2.24, 2.45) is 5.73 Å². The molecule has 1 aliphatic rings. The van der Waals surface area contributed by atoms with E-state index >= 15 is 0 Å². The van der Waals surface area contributed by atoms with Crippen molar-refractivity contribution in [3.8, 4) is 0 Å². The van der Waals surface area contributed by atoms with Crippen molar-refractivity contribution in [3.63, 3.8) is 0 Å². The fourth-order valence-electron chi connectivity index (χ4n) is 1.60. The molecule has 0 spiro atoms. The summed E-state index contributed by atoms with van der Waals surface area (Å²) in [6.07, 6.45) is 0.880. The number of urea groups is 1. The minimum atomic E-state index is -0.584. The Labute approximate surface area is 88.9 Å². The van der Waals surface area contributed by atoms with Crippen molar-refractivity contribution < 1.29 is 14.3 Å². The number of ether oxygens (including phenoxy) is 1. The standard InChI is InChI=1S/C10H16N2O3/c1-6-7(5-8(13)15-6)12(9(11)14)10(2,3)4/h5-6H,1-4H3,(H2,11,14). The Morgan fingerprint density at radius 2 is 2.07 bits per heavy atom. The third kappa shape index (κ3) is 2.29. The number of primary amides is 1. The van der Waals surface area contributed by atoms with E-state index in [1.165, 1.54) is 11.0 Å². The maximum absolute atomic E-state index is 11.3. The first kappa shape index (κ1) is 11.6. The number of rotatable bonds is 1. The molecule has 1 heterocycles. The molecule has 0 radical (unpaired) electrons. The van der Waals surface area contributed by atoms with Gasteiger partial charge in [-0.1, -0.05) is 0 Å². The predicted molar refractivity (Wildman–Crippen MR) is 54.8 cm³/mol. The van der Waals surface area contributed by atoms with Crippen LogP contribution in [0.3, 0.4) is 0 Å². The van der Waals surface area contributed by atoms with Crippen LogP contribution in [0.4, 0.5) is 4.79 Å². The van der Waals surface area contributed by atoms with Gasteiger partial charge in [-0.3, -0.25) is 4.90 Å². The molecule has 0 saturated heterocycles. The smallest absolute Gasteiger partial charge is 0.333 e.